The summed E-state index contributed by atoms with van der Waals surface area (Å²) in [5, 5.41) is 12.5. The van der Waals surface area contributed by atoms with Gasteiger partial charge in [0.25, 0.3) is 7.37 Å². The van der Waals surface area contributed by atoms with E-state index < -0.39 is 39.8 Å². The molecule has 0 aliphatic carbocycles. The summed E-state index contributed by atoms with van der Waals surface area (Å²) < 4.78 is 40.8. The first-order valence-electron chi connectivity index (χ1n) is 15.3. The summed E-state index contributed by atoms with van der Waals surface area (Å²) in [6, 6.07) is 28.2. The van der Waals surface area contributed by atoms with Crippen LogP contribution >= 0.6 is 7.37 Å². The topological polar surface area (TPSA) is 72.8 Å². The predicted molar refractivity (Wildman–Crippen MR) is 187 cm³/mol. The van der Waals surface area contributed by atoms with Crippen LogP contribution in [0.1, 0.15) is 43.0 Å². The van der Waals surface area contributed by atoms with Crippen molar-refractivity contribution in [1.29, 1.82) is 0 Å². The lowest BCUT2D eigenvalue weighted by molar-refractivity contribution is -0.149. The molecule has 0 aliphatic rings. The normalized spacial score (nSPS) is 14.2. The average molecular weight is 657 g/mol. The number of hydrogen-bond acceptors (Lipinski definition) is 4. The van der Waals surface area contributed by atoms with Crippen molar-refractivity contribution < 1.29 is 27.8 Å². The first-order chi connectivity index (χ1) is 21.7. The Labute approximate surface area is 274 Å². The van der Waals surface area contributed by atoms with Crippen molar-refractivity contribution in [1.82, 2.24) is 0 Å². The molecule has 0 radical (unpaired) electrons. The van der Waals surface area contributed by atoms with Gasteiger partial charge in [0.2, 0.25) is 9.04 Å². The molecular weight excluding hydrogens is 614 g/mol. The quantitative estimate of drug-likeness (QED) is 0.110. The van der Waals surface area contributed by atoms with Crippen LogP contribution in [0.5, 0.6) is 0 Å². The van der Waals surface area contributed by atoms with Crippen LogP contribution in [0.25, 0.3) is 11.1 Å². The molecule has 0 fully saturated rings. The lowest BCUT2D eigenvalue weighted by Crippen LogP contribution is -2.52. The van der Waals surface area contributed by atoms with Crippen LogP contribution in [0.15, 0.2) is 91.0 Å². The number of hydrogen-bond donors (Lipinski definition) is 1. The van der Waals surface area contributed by atoms with Crippen LogP contribution in [0.4, 0.5) is 4.39 Å². The lowest BCUT2D eigenvalue weighted by Gasteiger charge is -2.37. The minimum absolute atomic E-state index is 0.114. The molecule has 4 rings (SSSR count). The summed E-state index contributed by atoms with van der Waals surface area (Å²) in [5.74, 6) is 1.02. The molecule has 4 aromatic rings. The second-order valence-corrected chi connectivity index (χ2v) is 17.5. The lowest BCUT2D eigenvalue weighted by atomic mass is 9.78. The van der Waals surface area contributed by atoms with E-state index in [4.69, 9.17) is 8.95 Å². The van der Waals surface area contributed by atoms with Crippen LogP contribution in [0, 0.1) is 49.5 Å². The largest absolute Gasteiger partial charge is 0.479 e. The van der Waals surface area contributed by atoms with Gasteiger partial charge in [0.05, 0.1) is 0 Å². The minimum Gasteiger partial charge on any atom is -0.479 e. The Morgan fingerprint density at radius 3 is 2.00 bits per heavy atom. The molecule has 0 aromatic heterocycles. The van der Waals surface area contributed by atoms with Gasteiger partial charge in [0.1, 0.15) is 11.9 Å². The van der Waals surface area contributed by atoms with Gasteiger partial charge in [0, 0.05) is 24.8 Å². The van der Waals surface area contributed by atoms with E-state index in [0.717, 1.165) is 32.6 Å². The van der Waals surface area contributed by atoms with Crippen molar-refractivity contribution in [3.8, 4) is 22.7 Å². The van der Waals surface area contributed by atoms with E-state index >= 15 is 0 Å². The van der Waals surface area contributed by atoms with Crippen molar-refractivity contribution in [3.05, 3.63) is 119 Å². The second kappa shape index (κ2) is 14.7. The van der Waals surface area contributed by atoms with Gasteiger partial charge in [-0.05, 0) is 76.6 Å². The van der Waals surface area contributed by atoms with E-state index in [2.05, 4.69) is 11.6 Å². The van der Waals surface area contributed by atoms with Crippen LogP contribution in [0.2, 0.25) is 0 Å². The third-order valence-electron chi connectivity index (χ3n) is 8.24. The summed E-state index contributed by atoms with van der Waals surface area (Å²) >= 11 is 0. The van der Waals surface area contributed by atoms with Crippen LogP contribution in [-0.2, 0) is 18.3 Å². The molecule has 0 amide bonds. The molecule has 3 atom stereocenters. The minimum atomic E-state index is -3.71. The Bertz CT molecular complexity index is 1750. The second-order valence-electron chi connectivity index (χ2n) is 12.8. The van der Waals surface area contributed by atoms with Gasteiger partial charge < -0.3 is 14.1 Å². The molecule has 4 aromatic carbocycles. The highest BCUT2D eigenvalue weighted by Gasteiger charge is 2.43. The first kappa shape index (κ1) is 35.1. The predicted octanol–water partition coefficient (Wildman–Crippen LogP) is 7.32. The van der Waals surface area contributed by atoms with Crippen molar-refractivity contribution in [2.75, 3.05) is 13.3 Å². The summed E-state index contributed by atoms with van der Waals surface area (Å²) in [5.41, 5.74) is 6.99. The molecule has 0 aliphatic heterocycles. The molecule has 0 heterocycles. The summed E-state index contributed by atoms with van der Waals surface area (Å²) in [6.07, 6.45) is -1.38. The average Bonchev–Trinajstić information content (AvgIpc) is 3.01. The van der Waals surface area contributed by atoms with E-state index in [0.29, 0.717) is 11.1 Å². The van der Waals surface area contributed by atoms with Gasteiger partial charge in [-0.1, -0.05) is 111 Å². The molecule has 2 unspecified atom stereocenters. The third-order valence-corrected chi connectivity index (χ3v) is 12.7. The summed E-state index contributed by atoms with van der Waals surface area (Å²) in [6.45, 7) is 11.4. The van der Waals surface area contributed by atoms with Crippen LogP contribution in [-0.4, -0.2) is 39.5 Å². The molecule has 1 N–H and O–H groups in total. The molecular formula is C38H42FO5PSi. The van der Waals surface area contributed by atoms with E-state index in [9.17, 15) is 18.9 Å². The fourth-order valence-electron chi connectivity index (χ4n) is 5.64. The van der Waals surface area contributed by atoms with Gasteiger partial charge in [-0.15, -0.1) is 0 Å². The number of aliphatic carboxylic acids is 1. The molecule has 0 saturated carbocycles. The van der Waals surface area contributed by atoms with Gasteiger partial charge in [-0.2, -0.15) is 0 Å². The monoisotopic (exact) mass is 656 g/mol. The maximum Gasteiger partial charge on any atom is 0.331 e. The molecule has 0 bridgehead atoms. The van der Waals surface area contributed by atoms with Crippen molar-refractivity contribution in [3.63, 3.8) is 0 Å². The van der Waals surface area contributed by atoms with Crippen molar-refractivity contribution >= 4 is 32.8 Å². The Balaban J connectivity index is 1.76. The smallest absolute Gasteiger partial charge is 0.331 e. The number of aryl methyl sites for hydroxylation is 3. The Hall–Kier alpha value is -3.79. The fourth-order valence-corrected chi connectivity index (χ4v) is 9.95. The highest BCUT2D eigenvalue weighted by atomic mass is 31.2. The summed E-state index contributed by atoms with van der Waals surface area (Å²) in [7, 11) is -4.83. The Morgan fingerprint density at radius 1 is 0.913 bits per heavy atom. The number of rotatable bonds is 10. The molecule has 0 saturated heterocycles. The number of carboxylic acids is 1. The van der Waals surface area contributed by atoms with Crippen molar-refractivity contribution in [2.24, 2.45) is 11.3 Å². The number of halogens is 1. The van der Waals surface area contributed by atoms with Gasteiger partial charge >= 0.3 is 5.97 Å². The molecule has 0 spiro atoms. The summed E-state index contributed by atoms with van der Waals surface area (Å²) in [4.78, 5) is 13.0. The van der Waals surface area contributed by atoms with E-state index in [1.807, 2.05) is 107 Å². The Kier molecular flexibility index (Phi) is 11.2. The molecule has 240 valence electrons. The first-order valence-corrected chi connectivity index (χ1v) is 18.7. The van der Waals surface area contributed by atoms with E-state index in [1.165, 1.54) is 13.2 Å². The zero-order valence-electron chi connectivity index (χ0n) is 27.5. The molecule has 46 heavy (non-hydrogen) atoms. The van der Waals surface area contributed by atoms with Gasteiger partial charge in [-0.3, -0.25) is 4.57 Å². The standard InChI is InChI=1S/C38H42FO5PSi/c1-26-22-27(2)32(33(23-26)29-18-19-35(39)28(3)24-29)20-21-45(42,43-7)25-34(38(4,5)6)36(37(40)41)44-46(30-14-10-8-11-15-30)31-16-12-9-13-17-31/h8-19,22-24,34,36,46H,25H2,1-7H3,(H,40,41)/t34?,36-,45?/m0/s1. The Morgan fingerprint density at radius 2 is 1.50 bits per heavy atom. The van der Waals surface area contributed by atoms with Crippen LogP contribution < -0.4 is 10.4 Å². The number of carbonyl (C=O) groups is 1. The number of carboxylic acid groups (broad SMARTS) is 1. The van der Waals surface area contributed by atoms with Gasteiger partial charge in [-0.25, -0.2) is 9.18 Å². The zero-order valence-corrected chi connectivity index (χ0v) is 29.6. The van der Waals surface area contributed by atoms with Crippen molar-refractivity contribution in [2.45, 2.75) is 47.6 Å². The molecule has 8 heteroatoms. The zero-order chi connectivity index (χ0) is 33.6. The molecule has 5 nitrogen and oxygen atoms in total. The fraction of sp³-hybridized carbons (Fsp3) is 0.289. The highest BCUT2D eigenvalue weighted by Crippen LogP contribution is 2.51. The number of benzene rings is 4. The maximum atomic E-state index is 14.4. The van der Waals surface area contributed by atoms with E-state index in [-0.39, 0.29) is 12.0 Å². The van der Waals surface area contributed by atoms with E-state index in [1.54, 1.807) is 19.1 Å². The van der Waals surface area contributed by atoms with Crippen LogP contribution in [0.3, 0.4) is 0 Å². The third kappa shape index (κ3) is 8.51. The SMILES string of the molecule is COP(=O)(C#Cc1c(C)cc(C)cc1-c1ccc(F)c(C)c1)CC([C@H](O[SiH](c1ccccc1)c1ccccc1)C(=O)O)C(C)(C)C. The highest BCUT2D eigenvalue weighted by molar-refractivity contribution is 7.64. The maximum absolute atomic E-state index is 14.4. The van der Waals surface area contributed by atoms with Gasteiger partial charge in [0.15, 0.2) is 0 Å².